The summed E-state index contributed by atoms with van der Waals surface area (Å²) >= 11 is 0. The molecule has 1 saturated heterocycles. The average molecular weight is 256 g/mol. The topological polar surface area (TPSA) is 44.1 Å². The highest BCUT2D eigenvalue weighted by atomic mass is 19.1. The Hall–Kier alpha value is -1.99. The van der Waals surface area contributed by atoms with Crippen molar-refractivity contribution in [1.29, 1.82) is 5.26 Å². The first kappa shape index (κ1) is 12.1. The zero-order valence-corrected chi connectivity index (χ0v) is 10.3. The lowest BCUT2D eigenvalue weighted by atomic mass is 10.0. The van der Waals surface area contributed by atoms with Crippen molar-refractivity contribution in [2.45, 2.75) is 25.0 Å². The monoisotopic (exact) mass is 256 g/mol. The van der Waals surface area contributed by atoms with Gasteiger partial charge >= 0.3 is 0 Å². The first-order valence-corrected chi connectivity index (χ1v) is 6.31. The van der Waals surface area contributed by atoms with Crippen LogP contribution in [0.2, 0.25) is 0 Å². The van der Waals surface area contributed by atoms with Crippen LogP contribution in [0, 0.1) is 23.1 Å². The molecule has 1 aromatic carbocycles. The summed E-state index contributed by atoms with van der Waals surface area (Å²) in [6, 6.07) is 8.35. The van der Waals surface area contributed by atoms with Crippen molar-refractivity contribution in [1.82, 2.24) is 4.90 Å². The van der Waals surface area contributed by atoms with Crippen LogP contribution in [-0.2, 0) is 11.3 Å². The van der Waals surface area contributed by atoms with Gasteiger partial charge in [0.05, 0.1) is 18.0 Å². The van der Waals surface area contributed by atoms with Gasteiger partial charge in [-0.3, -0.25) is 9.69 Å². The van der Waals surface area contributed by atoms with E-state index in [9.17, 15) is 9.18 Å². The van der Waals surface area contributed by atoms with Gasteiger partial charge in [-0.25, -0.2) is 4.39 Å². The highest BCUT2D eigenvalue weighted by Crippen LogP contribution is 2.35. The Balaban J connectivity index is 1.85. The highest BCUT2D eigenvalue weighted by molar-refractivity contribution is 5.96. The lowest BCUT2D eigenvalue weighted by Gasteiger charge is -2.30. The first-order chi connectivity index (χ1) is 9.19. The standard InChI is InChI=1S/C15H13FN2O/c16-12-3-1-10(2-4-12)9-18-13-5-6-15(19)14(18)7-11(13)8-17/h1-6,11,13-14H,7,9H2. The second-order valence-electron chi connectivity index (χ2n) is 5.04. The number of hydrogen-bond acceptors (Lipinski definition) is 3. The molecule has 3 unspecified atom stereocenters. The van der Waals surface area contributed by atoms with Crippen LogP contribution in [0.1, 0.15) is 12.0 Å². The van der Waals surface area contributed by atoms with E-state index in [2.05, 4.69) is 6.07 Å². The molecule has 2 heterocycles. The molecule has 4 heteroatoms. The number of fused-ring (bicyclic) bond motifs is 2. The van der Waals surface area contributed by atoms with Gasteiger partial charge in [-0.15, -0.1) is 0 Å². The summed E-state index contributed by atoms with van der Waals surface area (Å²) in [6.45, 7) is 0.573. The maximum atomic E-state index is 12.9. The van der Waals surface area contributed by atoms with E-state index in [-0.39, 0.29) is 29.6 Å². The summed E-state index contributed by atoms with van der Waals surface area (Å²) in [5.74, 6) is -0.333. The molecule has 19 heavy (non-hydrogen) atoms. The van der Waals surface area contributed by atoms with Crippen LogP contribution in [0.5, 0.6) is 0 Å². The SMILES string of the molecule is N#CC1CC2C(=O)C=CC1N2Cc1ccc(F)cc1. The van der Waals surface area contributed by atoms with Crippen LogP contribution in [-0.4, -0.2) is 22.8 Å². The van der Waals surface area contributed by atoms with Gasteiger partial charge in [-0.05, 0) is 30.2 Å². The van der Waals surface area contributed by atoms with Gasteiger partial charge in [-0.1, -0.05) is 18.2 Å². The van der Waals surface area contributed by atoms with E-state index < -0.39 is 0 Å². The van der Waals surface area contributed by atoms with Crippen LogP contribution in [0.15, 0.2) is 36.4 Å². The molecule has 1 fully saturated rings. The fourth-order valence-corrected chi connectivity index (χ4v) is 2.93. The lowest BCUT2D eigenvalue weighted by molar-refractivity contribution is -0.119. The number of nitriles is 1. The summed E-state index contributed by atoms with van der Waals surface area (Å²) in [5, 5.41) is 9.15. The molecule has 0 radical (unpaired) electrons. The van der Waals surface area contributed by atoms with Crippen LogP contribution in [0.3, 0.4) is 0 Å². The molecule has 0 spiro atoms. The molecule has 0 aliphatic carbocycles. The van der Waals surface area contributed by atoms with E-state index in [1.165, 1.54) is 12.1 Å². The molecule has 0 amide bonds. The Morgan fingerprint density at radius 1 is 1.37 bits per heavy atom. The Morgan fingerprint density at radius 2 is 2.11 bits per heavy atom. The van der Waals surface area contributed by atoms with Crippen molar-refractivity contribution in [3.8, 4) is 6.07 Å². The second-order valence-corrected chi connectivity index (χ2v) is 5.04. The number of nitrogens with zero attached hydrogens (tertiary/aromatic N) is 2. The fourth-order valence-electron chi connectivity index (χ4n) is 2.93. The molecule has 1 aromatic rings. The molecule has 3 rings (SSSR count). The molecule has 2 bridgehead atoms. The summed E-state index contributed by atoms with van der Waals surface area (Å²) in [5.41, 5.74) is 0.957. The molecule has 2 aliphatic rings. The van der Waals surface area contributed by atoms with Crippen molar-refractivity contribution in [3.05, 3.63) is 47.8 Å². The molecular formula is C15H13FN2O. The fraction of sp³-hybridized carbons (Fsp3) is 0.333. The van der Waals surface area contributed by atoms with Crippen LogP contribution < -0.4 is 0 Å². The average Bonchev–Trinajstić information content (AvgIpc) is 2.67. The van der Waals surface area contributed by atoms with Gasteiger partial charge < -0.3 is 0 Å². The maximum Gasteiger partial charge on any atom is 0.172 e. The smallest absolute Gasteiger partial charge is 0.172 e. The molecule has 0 saturated carbocycles. The molecule has 3 atom stereocenters. The number of carbonyl (C=O) groups excluding carboxylic acids is 1. The minimum Gasteiger partial charge on any atom is -0.293 e. The largest absolute Gasteiger partial charge is 0.293 e. The number of hydrogen-bond donors (Lipinski definition) is 0. The minimum absolute atomic E-state index is 0.00208. The van der Waals surface area contributed by atoms with Crippen LogP contribution >= 0.6 is 0 Å². The Morgan fingerprint density at radius 3 is 2.79 bits per heavy atom. The van der Waals surface area contributed by atoms with E-state index in [0.29, 0.717) is 13.0 Å². The predicted octanol–water partition coefficient (Wildman–Crippen LogP) is 2.05. The van der Waals surface area contributed by atoms with Crippen molar-refractivity contribution in [3.63, 3.8) is 0 Å². The number of halogens is 1. The Labute approximate surface area is 110 Å². The summed E-state index contributed by atoms with van der Waals surface area (Å²) in [6.07, 6.45) is 4.01. The molecular weight excluding hydrogens is 243 g/mol. The van der Waals surface area contributed by atoms with Crippen molar-refractivity contribution >= 4 is 5.78 Å². The van der Waals surface area contributed by atoms with Crippen molar-refractivity contribution in [2.24, 2.45) is 5.92 Å². The van der Waals surface area contributed by atoms with E-state index in [0.717, 1.165) is 5.56 Å². The first-order valence-electron chi connectivity index (χ1n) is 6.31. The lowest BCUT2D eigenvalue weighted by Crippen LogP contribution is -2.42. The Bertz CT molecular complexity index is 573. The van der Waals surface area contributed by atoms with E-state index >= 15 is 0 Å². The molecule has 0 aromatic heterocycles. The van der Waals surface area contributed by atoms with Gasteiger partial charge in [-0.2, -0.15) is 5.26 Å². The van der Waals surface area contributed by atoms with Gasteiger partial charge in [0.2, 0.25) is 0 Å². The van der Waals surface area contributed by atoms with Gasteiger partial charge in [0.15, 0.2) is 5.78 Å². The minimum atomic E-state index is -0.267. The van der Waals surface area contributed by atoms with E-state index in [4.69, 9.17) is 5.26 Å². The summed E-state index contributed by atoms with van der Waals surface area (Å²) < 4.78 is 12.9. The van der Waals surface area contributed by atoms with Crippen LogP contribution in [0.4, 0.5) is 4.39 Å². The zero-order chi connectivity index (χ0) is 13.4. The molecule has 2 aliphatic heterocycles. The van der Waals surface area contributed by atoms with Gasteiger partial charge in [0.25, 0.3) is 0 Å². The summed E-state index contributed by atoms with van der Waals surface area (Å²) in [4.78, 5) is 13.9. The van der Waals surface area contributed by atoms with Crippen molar-refractivity contribution < 1.29 is 9.18 Å². The number of ketones is 1. The number of rotatable bonds is 2. The van der Waals surface area contributed by atoms with E-state index in [1.807, 2.05) is 11.0 Å². The molecule has 96 valence electrons. The summed E-state index contributed by atoms with van der Waals surface area (Å²) in [7, 11) is 0. The molecule has 0 N–H and O–H groups in total. The van der Waals surface area contributed by atoms with Gasteiger partial charge in [0.1, 0.15) is 5.82 Å². The normalized spacial score (nSPS) is 29.5. The second kappa shape index (κ2) is 4.60. The maximum absolute atomic E-state index is 12.9. The number of benzene rings is 1. The highest BCUT2D eigenvalue weighted by Gasteiger charge is 2.45. The third-order valence-electron chi connectivity index (χ3n) is 3.90. The van der Waals surface area contributed by atoms with Crippen LogP contribution in [0.25, 0.3) is 0 Å². The predicted molar refractivity (Wildman–Crippen MR) is 67.4 cm³/mol. The van der Waals surface area contributed by atoms with Gasteiger partial charge in [0, 0.05) is 12.6 Å². The third kappa shape index (κ3) is 2.06. The third-order valence-corrected chi connectivity index (χ3v) is 3.90. The number of carbonyl (C=O) groups is 1. The zero-order valence-electron chi connectivity index (χ0n) is 10.3. The van der Waals surface area contributed by atoms with E-state index in [1.54, 1.807) is 18.2 Å². The molecule has 3 nitrogen and oxygen atoms in total. The quantitative estimate of drug-likeness (QED) is 0.813. The Kier molecular flexibility index (Phi) is 2.92. The van der Waals surface area contributed by atoms with Crippen molar-refractivity contribution in [2.75, 3.05) is 0 Å².